The van der Waals surface area contributed by atoms with E-state index < -0.39 is 5.97 Å². The molecule has 0 radical (unpaired) electrons. The van der Waals surface area contributed by atoms with Gasteiger partial charge >= 0.3 is 5.97 Å². The van der Waals surface area contributed by atoms with Gasteiger partial charge in [-0.1, -0.05) is 26.2 Å². The molecule has 0 heterocycles. The Labute approximate surface area is 145 Å². The van der Waals surface area contributed by atoms with Crippen LogP contribution in [0.15, 0.2) is 0 Å². The van der Waals surface area contributed by atoms with E-state index in [0.29, 0.717) is 52.9 Å². The van der Waals surface area contributed by atoms with E-state index in [-0.39, 0.29) is 13.0 Å². The minimum atomic E-state index is -0.856. The van der Waals surface area contributed by atoms with Crippen LogP contribution in [-0.4, -0.2) is 77.1 Å². The first kappa shape index (κ1) is 23.3. The molecule has 0 spiro atoms. The summed E-state index contributed by atoms with van der Waals surface area (Å²) in [5, 5.41) is 8.41. The summed E-state index contributed by atoms with van der Waals surface area (Å²) in [7, 11) is 0. The quantitative estimate of drug-likeness (QED) is 0.337. The number of hydrogen-bond acceptors (Lipinski definition) is 6. The maximum Gasteiger partial charge on any atom is 0.305 e. The molecule has 0 rings (SSSR count). The number of carbonyl (C=O) groups is 1. The Morgan fingerprint density at radius 1 is 0.625 bits per heavy atom. The average molecular weight is 350 g/mol. The Morgan fingerprint density at radius 3 is 1.46 bits per heavy atom. The van der Waals surface area contributed by atoms with Crippen molar-refractivity contribution in [2.75, 3.05) is 66.1 Å². The Morgan fingerprint density at radius 2 is 1.04 bits per heavy atom. The fourth-order valence-electron chi connectivity index (χ4n) is 1.77. The maximum atomic E-state index is 10.2. The molecule has 0 aliphatic carbocycles. The second-order valence-corrected chi connectivity index (χ2v) is 5.27. The van der Waals surface area contributed by atoms with Crippen LogP contribution in [0.3, 0.4) is 0 Å². The van der Waals surface area contributed by atoms with Gasteiger partial charge in [0, 0.05) is 6.61 Å². The van der Waals surface area contributed by atoms with E-state index in [1.54, 1.807) is 0 Å². The molecular formula is C17H34O7. The number of carboxylic acid groups (broad SMARTS) is 1. The first-order chi connectivity index (χ1) is 11.8. The van der Waals surface area contributed by atoms with Gasteiger partial charge in [0.05, 0.1) is 65.9 Å². The van der Waals surface area contributed by atoms with E-state index in [0.717, 1.165) is 13.0 Å². The van der Waals surface area contributed by atoms with Crippen LogP contribution in [-0.2, 0) is 28.5 Å². The number of carboxylic acids is 1. The summed E-state index contributed by atoms with van der Waals surface area (Å²) in [6.07, 6.45) is 4.91. The third kappa shape index (κ3) is 21.3. The fraction of sp³-hybridized carbons (Fsp3) is 0.941. The van der Waals surface area contributed by atoms with Crippen LogP contribution in [0.25, 0.3) is 0 Å². The Hall–Kier alpha value is -0.730. The van der Waals surface area contributed by atoms with Crippen LogP contribution in [0.2, 0.25) is 0 Å². The SMILES string of the molecule is CCCCCCOCCOCCOCCOCCOCCC(=O)O. The highest BCUT2D eigenvalue weighted by molar-refractivity contribution is 5.66. The molecule has 24 heavy (non-hydrogen) atoms. The zero-order valence-electron chi connectivity index (χ0n) is 15.0. The van der Waals surface area contributed by atoms with Gasteiger partial charge in [0.2, 0.25) is 0 Å². The van der Waals surface area contributed by atoms with Gasteiger partial charge in [-0.15, -0.1) is 0 Å². The summed E-state index contributed by atoms with van der Waals surface area (Å²) in [4.78, 5) is 10.2. The molecule has 0 bridgehead atoms. The lowest BCUT2D eigenvalue weighted by Crippen LogP contribution is -2.13. The molecule has 0 aromatic carbocycles. The predicted molar refractivity (Wildman–Crippen MR) is 90.5 cm³/mol. The minimum Gasteiger partial charge on any atom is -0.481 e. The third-order valence-electron chi connectivity index (χ3n) is 3.09. The fourth-order valence-corrected chi connectivity index (χ4v) is 1.77. The molecule has 0 saturated carbocycles. The van der Waals surface area contributed by atoms with E-state index >= 15 is 0 Å². The van der Waals surface area contributed by atoms with Gasteiger partial charge in [0.15, 0.2) is 0 Å². The standard InChI is InChI=1S/C17H34O7/c1-2-3-4-5-7-20-9-11-22-13-15-24-16-14-23-12-10-21-8-6-17(18)19/h2-16H2,1H3,(H,18,19). The Kier molecular flexibility index (Phi) is 19.7. The summed E-state index contributed by atoms with van der Waals surface area (Å²) >= 11 is 0. The van der Waals surface area contributed by atoms with Crippen molar-refractivity contribution >= 4 is 5.97 Å². The highest BCUT2D eigenvalue weighted by Gasteiger charge is 1.96. The Balaban J connectivity index is 2.97. The molecule has 0 aliphatic heterocycles. The molecule has 0 aromatic heterocycles. The number of aliphatic carboxylic acids is 1. The molecule has 0 aromatic rings. The van der Waals surface area contributed by atoms with Gasteiger partial charge in [-0.3, -0.25) is 4.79 Å². The van der Waals surface area contributed by atoms with Crippen molar-refractivity contribution in [2.24, 2.45) is 0 Å². The monoisotopic (exact) mass is 350 g/mol. The minimum absolute atomic E-state index is 0.0208. The lowest BCUT2D eigenvalue weighted by atomic mass is 10.2. The molecule has 7 heteroatoms. The lowest BCUT2D eigenvalue weighted by Gasteiger charge is -2.07. The van der Waals surface area contributed by atoms with Gasteiger partial charge in [-0.2, -0.15) is 0 Å². The van der Waals surface area contributed by atoms with Crippen LogP contribution in [0, 0.1) is 0 Å². The third-order valence-corrected chi connectivity index (χ3v) is 3.09. The lowest BCUT2D eigenvalue weighted by molar-refractivity contribution is -0.138. The van der Waals surface area contributed by atoms with E-state index in [9.17, 15) is 4.79 Å². The summed E-state index contributed by atoms with van der Waals surface area (Å²) in [5.41, 5.74) is 0. The molecule has 0 atom stereocenters. The summed E-state index contributed by atoms with van der Waals surface area (Å²) in [6, 6.07) is 0. The second-order valence-electron chi connectivity index (χ2n) is 5.27. The van der Waals surface area contributed by atoms with Crippen molar-refractivity contribution in [2.45, 2.75) is 39.0 Å². The molecule has 0 aliphatic rings. The van der Waals surface area contributed by atoms with Gasteiger partial charge < -0.3 is 28.8 Å². The van der Waals surface area contributed by atoms with E-state index in [1.807, 2.05) is 0 Å². The first-order valence-corrected chi connectivity index (χ1v) is 8.88. The van der Waals surface area contributed by atoms with Crippen molar-refractivity contribution in [3.8, 4) is 0 Å². The summed E-state index contributed by atoms with van der Waals surface area (Å²) in [6.45, 7) is 7.39. The van der Waals surface area contributed by atoms with E-state index in [4.69, 9.17) is 28.8 Å². The van der Waals surface area contributed by atoms with Crippen LogP contribution < -0.4 is 0 Å². The van der Waals surface area contributed by atoms with Crippen LogP contribution in [0.5, 0.6) is 0 Å². The number of hydrogen-bond donors (Lipinski definition) is 1. The van der Waals surface area contributed by atoms with Crippen molar-refractivity contribution in [3.05, 3.63) is 0 Å². The van der Waals surface area contributed by atoms with Gasteiger partial charge in [0.1, 0.15) is 0 Å². The topological polar surface area (TPSA) is 83.5 Å². The predicted octanol–water partition coefficient (Wildman–Crippen LogP) is 2.12. The zero-order valence-corrected chi connectivity index (χ0v) is 15.0. The molecule has 1 N–H and O–H groups in total. The van der Waals surface area contributed by atoms with Gasteiger partial charge in [0.25, 0.3) is 0 Å². The van der Waals surface area contributed by atoms with Crippen molar-refractivity contribution in [1.29, 1.82) is 0 Å². The van der Waals surface area contributed by atoms with Crippen LogP contribution >= 0.6 is 0 Å². The highest BCUT2D eigenvalue weighted by Crippen LogP contribution is 1.98. The molecule has 0 saturated heterocycles. The highest BCUT2D eigenvalue weighted by atomic mass is 16.6. The van der Waals surface area contributed by atoms with Gasteiger partial charge in [-0.25, -0.2) is 0 Å². The first-order valence-electron chi connectivity index (χ1n) is 8.88. The Bertz CT molecular complexity index is 261. The van der Waals surface area contributed by atoms with E-state index in [2.05, 4.69) is 6.92 Å². The van der Waals surface area contributed by atoms with Gasteiger partial charge in [-0.05, 0) is 6.42 Å². The van der Waals surface area contributed by atoms with E-state index in [1.165, 1.54) is 19.3 Å². The molecule has 144 valence electrons. The van der Waals surface area contributed by atoms with Crippen LogP contribution in [0.4, 0.5) is 0 Å². The molecule has 0 amide bonds. The van der Waals surface area contributed by atoms with Crippen molar-refractivity contribution in [3.63, 3.8) is 0 Å². The van der Waals surface area contributed by atoms with Crippen molar-refractivity contribution in [1.82, 2.24) is 0 Å². The number of ether oxygens (including phenoxy) is 5. The summed E-state index contributed by atoms with van der Waals surface area (Å²) in [5.74, 6) is -0.856. The average Bonchev–Trinajstić information content (AvgIpc) is 2.56. The zero-order chi connectivity index (χ0) is 17.7. The molecular weight excluding hydrogens is 316 g/mol. The second kappa shape index (κ2) is 20.3. The number of rotatable bonds is 20. The normalized spacial score (nSPS) is 11.0. The number of unbranched alkanes of at least 4 members (excludes halogenated alkanes) is 3. The maximum absolute atomic E-state index is 10.2. The smallest absolute Gasteiger partial charge is 0.305 e. The molecule has 0 fully saturated rings. The van der Waals surface area contributed by atoms with Crippen LogP contribution in [0.1, 0.15) is 39.0 Å². The molecule has 7 nitrogen and oxygen atoms in total. The van der Waals surface area contributed by atoms with Crippen molar-refractivity contribution < 1.29 is 33.6 Å². The molecule has 0 unspecified atom stereocenters. The largest absolute Gasteiger partial charge is 0.481 e. The summed E-state index contributed by atoms with van der Waals surface area (Å²) < 4.78 is 26.6.